The van der Waals surface area contributed by atoms with Crippen molar-refractivity contribution >= 4 is 17.6 Å². The van der Waals surface area contributed by atoms with Crippen LogP contribution in [0.4, 0.5) is 5.69 Å². The van der Waals surface area contributed by atoms with E-state index in [1.165, 1.54) is 24.3 Å². The summed E-state index contributed by atoms with van der Waals surface area (Å²) in [6.45, 7) is 5.59. The Morgan fingerprint density at radius 1 is 1.20 bits per heavy atom. The van der Waals surface area contributed by atoms with Gasteiger partial charge in [-0.05, 0) is 20.8 Å². The number of carbonyl (C=O) groups is 2. The number of nitro groups is 1. The number of nitro benzene ring substituents is 1. The molecule has 1 aromatic rings. The van der Waals surface area contributed by atoms with Crippen molar-refractivity contribution in [3.05, 3.63) is 62.5 Å². The van der Waals surface area contributed by atoms with Gasteiger partial charge in [-0.15, -0.1) is 0 Å². The Bertz CT molecular complexity index is 888. The second-order valence-corrected chi connectivity index (χ2v) is 6.85. The average Bonchev–Trinajstić information content (AvgIpc) is 2.68. The van der Waals surface area contributed by atoms with Crippen molar-refractivity contribution < 1.29 is 24.7 Å². The third kappa shape index (κ3) is 4.48. The van der Waals surface area contributed by atoms with Gasteiger partial charge in [0.2, 0.25) is 0 Å². The molecule has 0 radical (unpaired) electrons. The molecule has 2 rings (SSSR count). The SMILES string of the molecule is CC1=C(C(=O)O)C(c2ccccc2[N+](=O)[O-])C(C(=O)O)=C(C)N1CCNC(C)NN. The van der Waals surface area contributed by atoms with E-state index in [1.54, 1.807) is 25.7 Å². The third-order valence-electron chi connectivity index (χ3n) is 5.11. The first-order valence-electron chi connectivity index (χ1n) is 9.20. The Balaban J connectivity index is 2.64. The predicted octanol–water partition coefficient (Wildman–Crippen LogP) is 1.11. The van der Waals surface area contributed by atoms with E-state index in [1.807, 2.05) is 0 Å². The van der Waals surface area contributed by atoms with E-state index < -0.39 is 22.8 Å². The van der Waals surface area contributed by atoms with E-state index in [0.29, 0.717) is 17.9 Å². The number of carboxylic acids is 2. The molecule has 0 spiro atoms. The van der Waals surface area contributed by atoms with Crippen molar-refractivity contribution in [2.45, 2.75) is 32.9 Å². The first-order chi connectivity index (χ1) is 14.1. The first kappa shape index (κ1) is 23.0. The van der Waals surface area contributed by atoms with Gasteiger partial charge in [-0.25, -0.2) is 15.0 Å². The van der Waals surface area contributed by atoms with Gasteiger partial charge >= 0.3 is 11.9 Å². The number of hydrazine groups is 1. The molecule has 1 aliphatic heterocycles. The van der Waals surface area contributed by atoms with Crippen LogP contribution in [0.2, 0.25) is 0 Å². The molecule has 0 aliphatic carbocycles. The molecule has 1 aromatic carbocycles. The van der Waals surface area contributed by atoms with Crippen molar-refractivity contribution in [3.8, 4) is 0 Å². The Hall–Kier alpha value is -3.28. The van der Waals surface area contributed by atoms with Crippen LogP contribution in [0.5, 0.6) is 0 Å². The lowest BCUT2D eigenvalue weighted by Gasteiger charge is -2.37. The van der Waals surface area contributed by atoms with E-state index in [0.717, 1.165) is 0 Å². The summed E-state index contributed by atoms with van der Waals surface area (Å²) >= 11 is 0. The second kappa shape index (κ2) is 9.48. The number of nitrogens with one attached hydrogen (secondary N) is 2. The molecule has 30 heavy (non-hydrogen) atoms. The quantitative estimate of drug-likeness (QED) is 0.169. The summed E-state index contributed by atoms with van der Waals surface area (Å²) in [4.78, 5) is 36.8. The lowest BCUT2D eigenvalue weighted by atomic mass is 9.79. The third-order valence-corrected chi connectivity index (χ3v) is 5.11. The summed E-state index contributed by atoms with van der Waals surface area (Å²) in [6, 6.07) is 5.59. The summed E-state index contributed by atoms with van der Waals surface area (Å²) < 4.78 is 0. The van der Waals surface area contributed by atoms with Gasteiger partial charge in [-0.3, -0.25) is 21.3 Å². The van der Waals surface area contributed by atoms with E-state index >= 15 is 0 Å². The zero-order valence-corrected chi connectivity index (χ0v) is 16.9. The maximum Gasteiger partial charge on any atom is 0.334 e. The van der Waals surface area contributed by atoms with Crippen LogP contribution in [0.1, 0.15) is 32.3 Å². The number of benzene rings is 1. The molecule has 11 heteroatoms. The van der Waals surface area contributed by atoms with Crippen LogP contribution in [0.25, 0.3) is 0 Å². The Morgan fingerprint density at radius 2 is 1.73 bits per heavy atom. The minimum atomic E-state index is -1.34. The van der Waals surface area contributed by atoms with Crippen LogP contribution < -0.4 is 16.6 Å². The smallest absolute Gasteiger partial charge is 0.334 e. The molecule has 1 aliphatic rings. The zero-order chi connectivity index (χ0) is 22.6. The van der Waals surface area contributed by atoms with Crippen LogP contribution in [-0.4, -0.2) is 51.2 Å². The van der Waals surface area contributed by atoms with Gasteiger partial charge in [0.25, 0.3) is 5.69 Å². The number of nitrogens with zero attached hydrogens (tertiary/aromatic N) is 2. The molecule has 6 N–H and O–H groups in total. The van der Waals surface area contributed by atoms with Gasteiger partial charge in [0.15, 0.2) is 0 Å². The van der Waals surface area contributed by atoms with Gasteiger partial charge in [0.05, 0.1) is 28.2 Å². The summed E-state index contributed by atoms with van der Waals surface area (Å²) in [6.07, 6.45) is -0.207. The normalized spacial score (nSPS) is 16.1. The maximum atomic E-state index is 12.2. The summed E-state index contributed by atoms with van der Waals surface area (Å²) in [5.74, 6) is 1.38. The van der Waals surface area contributed by atoms with Crippen LogP contribution in [0.15, 0.2) is 46.8 Å². The number of hydrogen-bond acceptors (Lipinski definition) is 8. The molecule has 1 atom stereocenters. The van der Waals surface area contributed by atoms with Crippen LogP contribution in [0.3, 0.4) is 0 Å². The van der Waals surface area contributed by atoms with Gasteiger partial charge in [0, 0.05) is 36.1 Å². The molecule has 162 valence electrons. The fourth-order valence-corrected chi connectivity index (χ4v) is 3.66. The van der Waals surface area contributed by atoms with Gasteiger partial charge in [0.1, 0.15) is 0 Å². The highest BCUT2D eigenvalue weighted by Crippen LogP contribution is 2.44. The Labute approximate surface area is 173 Å². The summed E-state index contributed by atoms with van der Waals surface area (Å²) in [5.41, 5.74) is 2.43. The molecule has 0 aromatic heterocycles. The van der Waals surface area contributed by atoms with Gasteiger partial charge in [-0.1, -0.05) is 18.2 Å². The minimum Gasteiger partial charge on any atom is -0.478 e. The fraction of sp³-hybridized carbons (Fsp3) is 0.368. The molecule has 0 fully saturated rings. The van der Waals surface area contributed by atoms with E-state index in [9.17, 15) is 29.9 Å². The number of allylic oxidation sites excluding steroid dienone is 2. The fourth-order valence-electron chi connectivity index (χ4n) is 3.66. The lowest BCUT2D eigenvalue weighted by molar-refractivity contribution is -0.385. The van der Waals surface area contributed by atoms with Gasteiger partial charge < -0.3 is 15.1 Å². The number of para-hydroxylation sites is 1. The first-order valence-corrected chi connectivity index (χ1v) is 9.20. The monoisotopic (exact) mass is 419 g/mol. The van der Waals surface area contributed by atoms with Crippen molar-refractivity contribution in [1.29, 1.82) is 0 Å². The minimum absolute atomic E-state index is 0.0229. The largest absolute Gasteiger partial charge is 0.478 e. The maximum absolute atomic E-state index is 12.2. The molecule has 0 saturated heterocycles. The van der Waals surface area contributed by atoms with Crippen LogP contribution in [0, 0.1) is 10.1 Å². The molecule has 1 heterocycles. The standard InChI is InChI=1S/C19H25N5O6/c1-10-15(18(25)26)17(13-6-4-5-7-14(13)24(29)30)16(19(27)28)11(2)23(10)9-8-21-12(3)22-20/h4-7,12,17,21-22H,8-9,20H2,1-3H3,(H,25,26)(H,27,28). The number of hydrogen-bond donors (Lipinski definition) is 5. The molecule has 1 unspecified atom stereocenters. The molecule has 0 saturated carbocycles. The van der Waals surface area contributed by atoms with E-state index in [-0.39, 0.29) is 35.1 Å². The molecule has 0 amide bonds. The number of aliphatic carboxylic acids is 2. The Morgan fingerprint density at radius 3 is 2.20 bits per heavy atom. The molecular formula is C19H25N5O6. The topological polar surface area (TPSA) is 171 Å². The summed E-state index contributed by atoms with van der Waals surface area (Å²) in [7, 11) is 0. The number of rotatable bonds is 9. The number of carboxylic acid groups (broad SMARTS) is 2. The predicted molar refractivity (Wildman–Crippen MR) is 108 cm³/mol. The molecule has 0 bridgehead atoms. The van der Waals surface area contributed by atoms with E-state index in [4.69, 9.17) is 5.84 Å². The van der Waals surface area contributed by atoms with Crippen LogP contribution in [-0.2, 0) is 9.59 Å². The van der Waals surface area contributed by atoms with Crippen molar-refractivity contribution in [2.75, 3.05) is 13.1 Å². The summed E-state index contributed by atoms with van der Waals surface area (Å²) in [5, 5.41) is 34.4. The average molecular weight is 419 g/mol. The van der Waals surface area contributed by atoms with E-state index in [2.05, 4.69) is 10.7 Å². The lowest BCUT2D eigenvalue weighted by Crippen LogP contribution is -2.46. The van der Waals surface area contributed by atoms with Gasteiger partial charge in [-0.2, -0.15) is 0 Å². The number of nitrogens with two attached hydrogens (primary N) is 1. The molecule has 11 nitrogen and oxygen atoms in total. The highest BCUT2D eigenvalue weighted by atomic mass is 16.6. The second-order valence-electron chi connectivity index (χ2n) is 6.85. The zero-order valence-electron chi connectivity index (χ0n) is 16.9. The Kier molecular flexibility index (Phi) is 7.27. The molecular weight excluding hydrogens is 394 g/mol. The highest BCUT2D eigenvalue weighted by Gasteiger charge is 2.41. The van der Waals surface area contributed by atoms with Crippen molar-refractivity contribution in [3.63, 3.8) is 0 Å². The highest BCUT2D eigenvalue weighted by molar-refractivity contribution is 5.98. The van der Waals surface area contributed by atoms with Crippen molar-refractivity contribution in [2.24, 2.45) is 5.84 Å². The van der Waals surface area contributed by atoms with Crippen LogP contribution >= 0.6 is 0 Å². The van der Waals surface area contributed by atoms with Crippen molar-refractivity contribution in [1.82, 2.24) is 15.6 Å².